The highest BCUT2D eigenvalue weighted by Gasteiger charge is 2.07. The summed E-state index contributed by atoms with van der Waals surface area (Å²) in [6.45, 7) is 0. The van der Waals surface area contributed by atoms with Gasteiger partial charge in [0.15, 0.2) is 11.5 Å². The average Bonchev–Trinajstić information content (AvgIpc) is 2.33. The van der Waals surface area contributed by atoms with Crippen LogP contribution in [0, 0.1) is 0 Å². The molecule has 0 aliphatic heterocycles. The first-order valence-electron chi connectivity index (χ1n) is 4.91. The lowest BCUT2D eigenvalue weighted by molar-refractivity contribution is 0.408. The number of hydrogen-bond acceptors (Lipinski definition) is 2. The maximum atomic E-state index is 9.90. The van der Waals surface area contributed by atoms with E-state index in [9.17, 15) is 5.11 Å². The highest BCUT2D eigenvalue weighted by molar-refractivity contribution is 9.08. The van der Waals surface area contributed by atoms with Crippen LogP contribution in [-0.4, -0.2) is 5.11 Å². The molecule has 3 heteroatoms. The average molecular weight is 279 g/mol. The van der Waals surface area contributed by atoms with E-state index in [1.165, 1.54) is 0 Å². The van der Waals surface area contributed by atoms with Crippen LogP contribution in [-0.2, 0) is 5.33 Å². The Morgan fingerprint density at radius 2 is 1.75 bits per heavy atom. The smallest absolute Gasteiger partial charge is 0.169 e. The molecule has 2 aromatic rings. The highest BCUT2D eigenvalue weighted by atomic mass is 79.9. The summed E-state index contributed by atoms with van der Waals surface area (Å²) in [6, 6.07) is 14.8. The molecule has 0 heterocycles. The third-order valence-corrected chi connectivity index (χ3v) is 2.80. The second-order valence-electron chi connectivity index (χ2n) is 3.31. The van der Waals surface area contributed by atoms with Crippen molar-refractivity contribution in [1.29, 1.82) is 0 Å². The maximum absolute atomic E-state index is 9.90. The quantitative estimate of drug-likeness (QED) is 0.858. The number of halogens is 1. The van der Waals surface area contributed by atoms with Gasteiger partial charge >= 0.3 is 0 Å². The van der Waals surface area contributed by atoms with Crippen molar-refractivity contribution in [3.05, 3.63) is 54.1 Å². The van der Waals surface area contributed by atoms with Crippen LogP contribution < -0.4 is 4.74 Å². The summed E-state index contributed by atoms with van der Waals surface area (Å²) in [7, 11) is 0. The molecule has 0 saturated carbocycles. The van der Waals surface area contributed by atoms with E-state index in [1.54, 1.807) is 6.07 Å². The van der Waals surface area contributed by atoms with E-state index in [1.807, 2.05) is 42.5 Å². The summed E-state index contributed by atoms with van der Waals surface area (Å²) in [5.41, 5.74) is 0.813. The van der Waals surface area contributed by atoms with Gasteiger partial charge in [-0.25, -0.2) is 0 Å². The van der Waals surface area contributed by atoms with Gasteiger partial charge in [0.25, 0.3) is 0 Å². The van der Waals surface area contributed by atoms with Gasteiger partial charge in [-0.15, -0.1) is 0 Å². The number of phenols is 1. The first kappa shape index (κ1) is 11.0. The molecule has 0 aliphatic rings. The molecule has 0 saturated heterocycles. The van der Waals surface area contributed by atoms with Crippen LogP contribution in [0.15, 0.2) is 48.5 Å². The molecule has 0 unspecified atom stereocenters. The van der Waals surface area contributed by atoms with E-state index < -0.39 is 0 Å². The van der Waals surface area contributed by atoms with Crippen LogP contribution >= 0.6 is 15.9 Å². The summed E-state index contributed by atoms with van der Waals surface area (Å²) in [6.07, 6.45) is 0. The van der Waals surface area contributed by atoms with Gasteiger partial charge in [-0.2, -0.15) is 0 Å². The minimum Gasteiger partial charge on any atom is -0.504 e. The van der Waals surface area contributed by atoms with Gasteiger partial charge in [-0.05, 0) is 18.2 Å². The second kappa shape index (κ2) is 5.03. The van der Waals surface area contributed by atoms with Gasteiger partial charge in [-0.1, -0.05) is 46.3 Å². The van der Waals surface area contributed by atoms with E-state index in [0.717, 1.165) is 5.56 Å². The van der Waals surface area contributed by atoms with Gasteiger partial charge in [0, 0.05) is 10.9 Å². The summed E-state index contributed by atoms with van der Waals surface area (Å²) in [4.78, 5) is 0. The van der Waals surface area contributed by atoms with Crippen LogP contribution in [0.25, 0.3) is 0 Å². The van der Waals surface area contributed by atoms with Gasteiger partial charge < -0.3 is 9.84 Å². The van der Waals surface area contributed by atoms with E-state index in [0.29, 0.717) is 16.8 Å². The third kappa shape index (κ3) is 2.36. The molecule has 2 rings (SSSR count). The number of alkyl halides is 1. The van der Waals surface area contributed by atoms with Crippen molar-refractivity contribution in [3.63, 3.8) is 0 Å². The topological polar surface area (TPSA) is 29.5 Å². The van der Waals surface area contributed by atoms with Gasteiger partial charge in [0.1, 0.15) is 5.75 Å². The second-order valence-corrected chi connectivity index (χ2v) is 3.87. The molecule has 0 aliphatic carbocycles. The molecule has 0 bridgehead atoms. The lowest BCUT2D eigenvalue weighted by Gasteiger charge is -2.09. The predicted molar refractivity (Wildman–Crippen MR) is 67.3 cm³/mol. The Hall–Kier alpha value is -1.48. The molecular weight excluding hydrogens is 268 g/mol. The number of rotatable bonds is 3. The third-order valence-electron chi connectivity index (χ3n) is 2.20. The maximum Gasteiger partial charge on any atom is 0.169 e. The number of benzene rings is 2. The summed E-state index contributed by atoms with van der Waals surface area (Å²) in [5, 5.41) is 10.5. The molecule has 2 nitrogen and oxygen atoms in total. The minimum atomic E-state index is 0.184. The number of para-hydroxylation sites is 2. The van der Waals surface area contributed by atoms with Gasteiger partial charge in [0.2, 0.25) is 0 Å². The molecular formula is C13H11BrO2. The Labute approximate surface area is 103 Å². The van der Waals surface area contributed by atoms with E-state index in [2.05, 4.69) is 15.9 Å². The lowest BCUT2D eigenvalue weighted by Crippen LogP contribution is -1.87. The largest absolute Gasteiger partial charge is 0.504 e. The van der Waals surface area contributed by atoms with Crippen molar-refractivity contribution in [2.24, 2.45) is 0 Å². The van der Waals surface area contributed by atoms with Crippen molar-refractivity contribution in [2.45, 2.75) is 5.33 Å². The lowest BCUT2D eigenvalue weighted by atomic mass is 10.2. The van der Waals surface area contributed by atoms with Crippen LogP contribution in [0.1, 0.15) is 5.56 Å². The highest BCUT2D eigenvalue weighted by Crippen LogP contribution is 2.34. The van der Waals surface area contributed by atoms with Crippen LogP contribution in [0.5, 0.6) is 17.2 Å². The zero-order chi connectivity index (χ0) is 11.4. The standard InChI is InChI=1S/C13H11BrO2/c14-9-10-5-4-8-12(13(10)15)16-11-6-2-1-3-7-11/h1-8,15H,9H2. The Kier molecular flexibility index (Phi) is 3.47. The van der Waals surface area contributed by atoms with E-state index in [4.69, 9.17) is 4.74 Å². The fraction of sp³-hybridized carbons (Fsp3) is 0.0769. The molecule has 16 heavy (non-hydrogen) atoms. The summed E-state index contributed by atoms with van der Waals surface area (Å²) < 4.78 is 5.58. The Balaban J connectivity index is 2.28. The first-order chi connectivity index (χ1) is 7.81. The number of phenolic OH excluding ortho intramolecular Hbond substituents is 1. The van der Waals surface area contributed by atoms with E-state index >= 15 is 0 Å². The first-order valence-corrected chi connectivity index (χ1v) is 6.03. The molecule has 82 valence electrons. The molecule has 2 aromatic carbocycles. The predicted octanol–water partition coefficient (Wildman–Crippen LogP) is 4.08. The van der Waals surface area contributed by atoms with Crippen molar-refractivity contribution in [1.82, 2.24) is 0 Å². The SMILES string of the molecule is Oc1c(CBr)cccc1Oc1ccccc1. The van der Waals surface area contributed by atoms with E-state index in [-0.39, 0.29) is 5.75 Å². The minimum absolute atomic E-state index is 0.184. The molecule has 0 aromatic heterocycles. The van der Waals surface area contributed by atoms with Crippen LogP contribution in [0.2, 0.25) is 0 Å². The fourth-order valence-corrected chi connectivity index (χ4v) is 1.83. The zero-order valence-electron chi connectivity index (χ0n) is 8.56. The van der Waals surface area contributed by atoms with Gasteiger partial charge in [-0.3, -0.25) is 0 Å². The molecule has 0 radical (unpaired) electrons. The number of aromatic hydroxyl groups is 1. The van der Waals surface area contributed by atoms with Crippen LogP contribution in [0.3, 0.4) is 0 Å². The number of ether oxygens (including phenoxy) is 1. The molecule has 0 spiro atoms. The van der Waals surface area contributed by atoms with Crippen molar-refractivity contribution >= 4 is 15.9 Å². The summed E-state index contributed by atoms with van der Waals surface area (Å²) in [5.74, 6) is 1.37. The monoisotopic (exact) mass is 278 g/mol. The summed E-state index contributed by atoms with van der Waals surface area (Å²) >= 11 is 3.31. The van der Waals surface area contributed by atoms with Crippen LogP contribution in [0.4, 0.5) is 0 Å². The molecule has 0 atom stereocenters. The Bertz CT molecular complexity index is 469. The zero-order valence-corrected chi connectivity index (χ0v) is 10.1. The Morgan fingerprint density at radius 1 is 1.00 bits per heavy atom. The molecule has 0 amide bonds. The van der Waals surface area contributed by atoms with Crippen molar-refractivity contribution < 1.29 is 9.84 Å². The normalized spacial score (nSPS) is 10.1. The Morgan fingerprint density at radius 3 is 2.44 bits per heavy atom. The van der Waals surface area contributed by atoms with Crippen molar-refractivity contribution in [2.75, 3.05) is 0 Å². The fourth-order valence-electron chi connectivity index (χ4n) is 1.37. The molecule has 1 N–H and O–H groups in total. The van der Waals surface area contributed by atoms with Gasteiger partial charge in [0.05, 0.1) is 0 Å². The van der Waals surface area contributed by atoms with Crippen molar-refractivity contribution in [3.8, 4) is 17.2 Å². The molecule has 0 fully saturated rings. The number of hydrogen-bond donors (Lipinski definition) is 1.